The Balaban J connectivity index is 2.04. The van der Waals surface area contributed by atoms with Crippen LogP contribution >= 0.6 is 0 Å². The second-order valence-corrected chi connectivity index (χ2v) is 7.70. The minimum absolute atomic E-state index is 0.0327. The minimum atomic E-state index is -3.62. The standard InChI is InChI=1S/C16H20N2O3S/c1-12-7-6-10-18(11-12)22(19,20)16-15(21-13(2)17-16)14-8-4-3-5-9-14/h3-5,8-9,12H,6-7,10-11H2,1-2H3/t12-/m1/s1. The predicted molar refractivity (Wildman–Crippen MR) is 83.8 cm³/mol. The van der Waals surface area contributed by atoms with Gasteiger partial charge in [-0.15, -0.1) is 0 Å². The van der Waals surface area contributed by atoms with Crippen molar-refractivity contribution in [1.82, 2.24) is 9.29 Å². The van der Waals surface area contributed by atoms with E-state index in [4.69, 9.17) is 4.42 Å². The first-order valence-electron chi connectivity index (χ1n) is 7.51. The fourth-order valence-electron chi connectivity index (χ4n) is 2.84. The zero-order valence-corrected chi connectivity index (χ0v) is 13.6. The summed E-state index contributed by atoms with van der Waals surface area (Å²) in [6.45, 7) is 4.84. The van der Waals surface area contributed by atoms with Crippen LogP contribution in [0.1, 0.15) is 25.7 Å². The lowest BCUT2D eigenvalue weighted by Gasteiger charge is -2.29. The molecule has 6 heteroatoms. The highest BCUT2D eigenvalue weighted by molar-refractivity contribution is 7.89. The van der Waals surface area contributed by atoms with E-state index < -0.39 is 10.0 Å². The molecule has 2 aromatic rings. The van der Waals surface area contributed by atoms with Gasteiger partial charge in [-0.1, -0.05) is 37.3 Å². The molecule has 0 spiro atoms. The average molecular weight is 320 g/mol. The van der Waals surface area contributed by atoms with Crippen molar-refractivity contribution in [2.45, 2.75) is 31.7 Å². The summed E-state index contributed by atoms with van der Waals surface area (Å²) in [5.41, 5.74) is 0.728. The molecule has 1 aliphatic rings. The number of rotatable bonds is 3. The van der Waals surface area contributed by atoms with Crippen LogP contribution in [-0.4, -0.2) is 30.8 Å². The number of aryl methyl sites for hydroxylation is 1. The van der Waals surface area contributed by atoms with Gasteiger partial charge in [-0.2, -0.15) is 4.31 Å². The molecule has 118 valence electrons. The summed E-state index contributed by atoms with van der Waals surface area (Å²) < 4.78 is 33.0. The maximum absolute atomic E-state index is 12.9. The first-order valence-corrected chi connectivity index (χ1v) is 8.95. The largest absolute Gasteiger partial charge is 0.440 e. The highest BCUT2D eigenvalue weighted by Crippen LogP contribution is 2.31. The van der Waals surface area contributed by atoms with Crippen LogP contribution in [0.15, 0.2) is 39.8 Å². The van der Waals surface area contributed by atoms with Crippen LogP contribution in [0, 0.1) is 12.8 Å². The highest BCUT2D eigenvalue weighted by Gasteiger charge is 2.34. The maximum Gasteiger partial charge on any atom is 0.264 e. The molecular formula is C16H20N2O3S. The van der Waals surface area contributed by atoms with Gasteiger partial charge in [0.25, 0.3) is 10.0 Å². The summed E-state index contributed by atoms with van der Waals surface area (Å²) in [4.78, 5) is 4.16. The van der Waals surface area contributed by atoms with Crippen LogP contribution in [0.5, 0.6) is 0 Å². The van der Waals surface area contributed by atoms with E-state index in [9.17, 15) is 8.42 Å². The van der Waals surface area contributed by atoms with Crippen molar-refractivity contribution >= 4 is 10.0 Å². The number of aromatic nitrogens is 1. The van der Waals surface area contributed by atoms with Crippen LogP contribution in [0.2, 0.25) is 0 Å². The van der Waals surface area contributed by atoms with Gasteiger partial charge in [-0.05, 0) is 18.8 Å². The summed E-state index contributed by atoms with van der Waals surface area (Å²) in [6, 6.07) is 9.25. The lowest BCUT2D eigenvalue weighted by molar-refractivity contribution is 0.280. The maximum atomic E-state index is 12.9. The van der Waals surface area contributed by atoms with Gasteiger partial charge in [0.2, 0.25) is 5.03 Å². The number of oxazole rings is 1. The molecule has 3 rings (SSSR count). The number of sulfonamides is 1. The van der Waals surface area contributed by atoms with Gasteiger partial charge in [0.05, 0.1) is 0 Å². The SMILES string of the molecule is Cc1nc(S(=O)(=O)N2CCC[C@@H](C)C2)c(-c2ccccc2)o1. The van der Waals surface area contributed by atoms with E-state index >= 15 is 0 Å². The van der Waals surface area contributed by atoms with Crippen LogP contribution in [0.25, 0.3) is 11.3 Å². The van der Waals surface area contributed by atoms with Gasteiger partial charge < -0.3 is 4.42 Å². The minimum Gasteiger partial charge on any atom is -0.440 e. The summed E-state index contributed by atoms with van der Waals surface area (Å²) in [5.74, 6) is 1.07. The van der Waals surface area contributed by atoms with Crippen molar-refractivity contribution < 1.29 is 12.8 Å². The van der Waals surface area contributed by atoms with Gasteiger partial charge in [-0.3, -0.25) is 0 Å². The third-order valence-corrected chi connectivity index (χ3v) is 5.72. The number of hydrogen-bond donors (Lipinski definition) is 0. The Hall–Kier alpha value is -1.66. The zero-order chi connectivity index (χ0) is 15.7. The Morgan fingerprint density at radius 1 is 1.27 bits per heavy atom. The van der Waals surface area contributed by atoms with E-state index in [1.165, 1.54) is 4.31 Å². The Labute approximate surface area is 131 Å². The van der Waals surface area contributed by atoms with Crippen molar-refractivity contribution in [1.29, 1.82) is 0 Å². The normalized spacial score (nSPS) is 20.2. The van der Waals surface area contributed by atoms with Crippen molar-refractivity contribution in [3.05, 3.63) is 36.2 Å². The molecule has 0 amide bonds. The molecule has 2 heterocycles. The van der Waals surface area contributed by atoms with Crippen molar-refractivity contribution in [3.8, 4) is 11.3 Å². The second-order valence-electron chi connectivity index (χ2n) is 5.84. The van der Waals surface area contributed by atoms with Crippen LogP contribution in [0.3, 0.4) is 0 Å². The average Bonchev–Trinajstić information content (AvgIpc) is 2.91. The summed E-state index contributed by atoms with van der Waals surface area (Å²) >= 11 is 0. The Morgan fingerprint density at radius 3 is 2.68 bits per heavy atom. The molecular weight excluding hydrogens is 300 g/mol. The molecule has 0 unspecified atom stereocenters. The van der Waals surface area contributed by atoms with Gasteiger partial charge in [0, 0.05) is 25.6 Å². The molecule has 0 radical (unpaired) electrons. The van der Waals surface area contributed by atoms with E-state index in [0.29, 0.717) is 30.7 Å². The Morgan fingerprint density at radius 2 is 2.00 bits per heavy atom. The van der Waals surface area contributed by atoms with Crippen molar-refractivity contribution in [3.63, 3.8) is 0 Å². The third kappa shape index (κ3) is 2.80. The zero-order valence-electron chi connectivity index (χ0n) is 12.8. The van der Waals surface area contributed by atoms with Crippen LogP contribution in [0.4, 0.5) is 0 Å². The summed E-state index contributed by atoms with van der Waals surface area (Å²) in [5, 5.41) is 0.0327. The molecule has 0 aliphatic carbocycles. The number of piperidine rings is 1. The topological polar surface area (TPSA) is 63.4 Å². The molecule has 0 bridgehead atoms. The molecule has 0 N–H and O–H groups in total. The molecule has 5 nitrogen and oxygen atoms in total. The molecule has 1 fully saturated rings. The summed E-state index contributed by atoms with van der Waals surface area (Å²) in [7, 11) is -3.62. The van der Waals surface area contributed by atoms with Gasteiger partial charge in [0.1, 0.15) is 0 Å². The Kier molecular flexibility index (Phi) is 4.06. The van der Waals surface area contributed by atoms with Gasteiger partial charge >= 0.3 is 0 Å². The van der Waals surface area contributed by atoms with E-state index in [2.05, 4.69) is 11.9 Å². The van der Waals surface area contributed by atoms with Crippen LogP contribution < -0.4 is 0 Å². The number of nitrogens with zero attached hydrogens (tertiary/aromatic N) is 2. The first kappa shape index (κ1) is 15.2. The van der Waals surface area contributed by atoms with Gasteiger partial charge in [-0.25, -0.2) is 13.4 Å². The molecule has 1 aliphatic heterocycles. The van der Waals surface area contributed by atoms with E-state index in [-0.39, 0.29) is 5.03 Å². The number of benzene rings is 1. The fraction of sp³-hybridized carbons (Fsp3) is 0.438. The van der Waals surface area contributed by atoms with Crippen molar-refractivity contribution in [2.24, 2.45) is 5.92 Å². The third-order valence-electron chi connectivity index (χ3n) is 3.94. The summed E-state index contributed by atoms with van der Waals surface area (Å²) in [6.07, 6.45) is 1.95. The van der Waals surface area contributed by atoms with E-state index in [1.54, 1.807) is 6.92 Å². The van der Waals surface area contributed by atoms with E-state index in [0.717, 1.165) is 18.4 Å². The Bertz CT molecular complexity index is 753. The molecule has 22 heavy (non-hydrogen) atoms. The molecule has 1 saturated heterocycles. The molecule has 1 atom stereocenters. The first-order chi connectivity index (χ1) is 10.5. The second kappa shape index (κ2) is 5.85. The smallest absolute Gasteiger partial charge is 0.264 e. The fourth-order valence-corrected chi connectivity index (χ4v) is 4.54. The molecule has 1 aromatic carbocycles. The molecule has 0 saturated carbocycles. The quantitative estimate of drug-likeness (QED) is 0.872. The predicted octanol–water partition coefficient (Wildman–Crippen LogP) is 3.07. The van der Waals surface area contributed by atoms with Gasteiger partial charge in [0.15, 0.2) is 11.7 Å². The van der Waals surface area contributed by atoms with Crippen molar-refractivity contribution in [2.75, 3.05) is 13.1 Å². The monoisotopic (exact) mass is 320 g/mol. The lowest BCUT2D eigenvalue weighted by Crippen LogP contribution is -2.39. The highest BCUT2D eigenvalue weighted by atomic mass is 32.2. The molecule has 1 aromatic heterocycles. The lowest BCUT2D eigenvalue weighted by atomic mass is 10.0. The van der Waals surface area contributed by atoms with Crippen LogP contribution in [-0.2, 0) is 10.0 Å². The number of hydrogen-bond acceptors (Lipinski definition) is 4. The van der Waals surface area contributed by atoms with E-state index in [1.807, 2.05) is 30.3 Å².